The van der Waals surface area contributed by atoms with E-state index in [-0.39, 0.29) is 0 Å². The molecule has 9 nitrogen and oxygen atoms in total. The SMILES string of the molecule is O=Cc1ccc2nc(Cn3cc(-c4cncc(-n5cccn5)c4)nn3)cn2c1. The predicted octanol–water partition coefficient (Wildman–Crippen LogP) is 2.03. The number of carbonyl (C=O) groups excluding carboxylic acids is 1. The van der Waals surface area contributed by atoms with E-state index in [0.717, 1.165) is 28.9 Å². The molecule has 0 aliphatic rings. The van der Waals surface area contributed by atoms with Gasteiger partial charge in [0.2, 0.25) is 0 Å². The van der Waals surface area contributed by atoms with Crippen LogP contribution >= 0.6 is 0 Å². The molecule has 28 heavy (non-hydrogen) atoms. The lowest BCUT2D eigenvalue weighted by Crippen LogP contribution is -2.00. The molecule has 0 unspecified atom stereocenters. The molecule has 5 aromatic heterocycles. The highest BCUT2D eigenvalue weighted by Gasteiger charge is 2.09. The zero-order chi connectivity index (χ0) is 18.9. The molecular weight excluding hydrogens is 356 g/mol. The van der Waals surface area contributed by atoms with Crippen molar-refractivity contribution in [2.45, 2.75) is 6.54 Å². The number of hydrogen-bond acceptors (Lipinski definition) is 6. The number of nitrogens with zero attached hydrogens (tertiary/aromatic N) is 8. The van der Waals surface area contributed by atoms with Crippen molar-refractivity contribution >= 4 is 11.9 Å². The Hall–Kier alpha value is -4.14. The van der Waals surface area contributed by atoms with Crippen LogP contribution in [0.2, 0.25) is 0 Å². The van der Waals surface area contributed by atoms with E-state index in [1.807, 2.05) is 41.2 Å². The Kier molecular flexibility index (Phi) is 3.75. The highest BCUT2D eigenvalue weighted by molar-refractivity contribution is 5.74. The summed E-state index contributed by atoms with van der Waals surface area (Å²) < 4.78 is 5.29. The minimum absolute atomic E-state index is 0.470. The first-order valence-electron chi connectivity index (χ1n) is 8.57. The van der Waals surface area contributed by atoms with Gasteiger partial charge < -0.3 is 4.40 Å². The molecule has 0 amide bonds. The molecule has 0 spiro atoms. The molecule has 5 aromatic rings. The number of pyridine rings is 2. The van der Waals surface area contributed by atoms with Crippen LogP contribution in [0.1, 0.15) is 16.1 Å². The van der Waals surface area contributed by atoms with Gasteiger partial charge in [-0.2, -0.15) is 5.10 Å². The van der Waals surface area contributed by atoms with Crippen LogP contribution < -0.4 is 0 Å². The predicted molar refractivity (Wildman–Crippen MR) is 100 cm³/mol. The van der Waals surface area contributed by atoms with E-state index in [0.29, 0.717) is 17.8 Å². The van der Waals surface area contributed by atoms with Gasteiger partial charge in [0.25, 0.3) is 0 Å². The lowest BCUT2D eigenvalue weighted by molar-refractivity contribution is 0.112. The van der Waals surface area contributed by atoms with Gasteiger partial charge >= 0.3 is 0 Å². The fraction of sp³-hybridized carbons (Fsp3) is 0.0526. The molecule has 0 saturated carbocycles. The topological polar surface area (TPSA) is 95.8 Å². The Morgan fingerprint density at radius 1 is 1.11 bits per heavy atom. The van der Waals surface area contributed by atoms with E-state index in [2.05, 4.69) is 25.4 Å². The maximum Gasteiger partial charge on any atom is 0.151 e. The summed E-state index contributed by atoms with van der Waals surface area (Å²) in [6.45, 7) is 0.470. The van der Waals surface area contributed by atoms with Crippen molar-refractivity contribution in [3.05, 3.63) is 78.9 Å². The summed E-state index contributed by atoms with van der Waals surface area (Å²) in [5, 5.41) is 12.7. The third-order valence-corrected chi connectivity index (χ3v) is 4.31. The van der Waals surface area contributed by atoms with Crippen LogP contribution in [0.4, 0.5) is 0 Å². The molecule has 0 radical (unpaired) electrons. The second kappa shape index (κ2) is 6.54. The number of fused-ring (bicyclic) bond motifs is 1. The molecule has 0 fully saturated rings. The Morgan fingerprint density at radius 2 is 2.07 bits per heavy atom. The summed E-state index contributed by atoms with van der Waals surface area (Å²) in [5.74, 6) is 0. The number of rotatable bonds is 5. The fourth-order valence-electron chi connectivity index (χ4n) is 3.00. The van der Waals surface area contributed by atoms with Crippen molar-refractivity contribution in [3.63, 3.8) is 0 Å². The molecule has 0 bridgehead atoms. The van der Waals surface area contributed by atoms with Crippen molar-refractivity contribution in [1.82, 2.24) is 39.1 Å². The molecule has 136 valence electrons. The van der Waals surface area contributed by atoms with Gasteiger partial charge in [0.1, 0.15) is 11.3 Å². The third kappa shape index (κ3) is 2.94. The van der Waals surface area contributed by atoms with Crippen LogP contribution in [0, 0.1) is 0 Å². The van der Waals surface area contributed by atoms with E-state index in [1.54, 1.807) is 40.2 Å². The number of aromatic nitrogens is 8. The fourth-order valence-corrected chi connectivity index (χ4v) is 3.00. The van der Waals surface area contributed by atoms with Gasteiger partial charge in [0.05, 0.1) is 30.3 Å². The van der Waals surface area contributed by atoms with Crippen LogP contribution in [0.25, 0.3) is 22.6 Å². The summed E-state index contributed by atoms with van der Waals surface area (Å²) in [7, 11) is 0. The summed E-state index contributed by atoms with van der Waals surface area (Å²) in [6.07, 6.45) is 13.4. The highest BCUT2D eigenvalue weighted by Crippen LogP contribution is 2.18. The Bertz CT molecular complexity index is 1270. The standard InChI is InChI=1S/C19H14N8O/c28-13-14-2-3-19-22-16(10-25(19)9-14)11-26-12-18(23-24-26)15-6-17(8-20-7-15)27-5-1-4-21-27/h1-10,12-13H,11H2. The van der Waals surface area contributed by atoms with Gasteiger partial charge in [-0.3, -0.25) is 9.78 Å². The van der Waals surface area contributed by atoms with Gasteiger partial charge in [0.15, 0.2) is 6.29 Å². The van der Waals surface area contributed by atoms with Crippen LogP contribution in [-0.4, -0.2) is 45.4 Å². The van der Waals surface area contributed by atoms with Crippen LogP contribution in [0.3, 0.4) is 0 Å². The highest BCUT2D eigenvalue weighted by atomic mass is 16.1. The van der Waals surface area contributed by atoms with Crippen LogP contribution in [-0.2, 0) is 6.54 Å². The maximum absolute atomic E-state index is 10.9. The van der Waals surface area contributed by atoms with E-state index in [4.69, 9.17) is 0 Å². The summed E-state index contributed by atoms with van der Waals surface area (Å²) in [6, 6.07) is 7.37. The Labute approximate surface area is 158 Å². The van der Waals surface area contributed by atoms with Crippen molar-refractivity contribution in [3.8, 4) is 16.9 Å². The molecule has 9 heteroatoms. The third-order valence-electron chi connectivity index (χ3n) is 4.31. The Balaban J connectivity index is 1.41. The monoisotopic (exact) mass is 370 g/mol. The zero-order valence-electron chi connectivity index (χ0n) is 14.6. The molecule has 0 aliphatic carbocycles. The molecule has 0 aliphatic heterocycles. The minimum atomic E-state index is 0.470. The number of carbonyl (C=O) groups is 1. The largest absolute Gasteiger partial charge is 0.306 e. The van der Waals surface area contributed by atoms with E-state index >= 15 is 0 Å². The average molecular weight is 370 g/mol. The first-order valence-corrected chi connectivity index (χ1v) is 8.57. The van der Waals surface area contributed by atoms with Gasteiger partial charge in [-0.25, -0.2) is 14.3 Å². The van der Waals surface area contributed by atoms with E-state index in [1.165, 1.54) is 0 Å². The van der Waals surface area contributed by atoms with Crippen LogP contribution in [0.5, 0.6) is 0 Å². The van der Waals surface area contributed by atoms with E-state index < -0.39 is 0 Å². The van der Waals surface area contributed by atoms with Gasteiger partial charge in [-0.05, 0) is 24.3 Å². The Morgan fingerprint density at radius 3 is 2.93 bits per heavy atom. The first-order chi connectivity index (χ1) is 13.8. The molecule has 5 heterocycles. The smallest absolute Gasteiger partial charge is 0.151 e. The van der Waals surface area contributed by atoms with Gasteiger partial charge in [0, 0.05) is 42.1 Å². The van der Waals surface area contributed by atoms with Crippen LogP contribution in [0.15, 0.2) is 67.6 Å². The lowest BCUT2D eigenvalue weighted by atomic mass is 10.2. The molecule has 0 N–H and O–H groups in total. The summed E-state index contributed by atoms with van der Waals surface area (Å²) in [4.78, 5) is 19.7. The summed E-state index contributed by atoms with van der Waals surface area (Å²) in [5.41, 5.74) is 4.62. The first kappa shape index (κ1) is 16.1. The number of aldehydes is 1. The summed E-state index contributed by atoms with van der Waals surface area (Å²) >= 11 is 0. The van der Waals surface area contributed by atoms with Crippen molar-refractivity contribution < 1.29 is 4.79 Å². The quantitative estimate of drug-likeness (QED) is 0.439. The van der Waals surface area contributed by atoms with E-state index in [9.17, 15) is 4.79 Å². The zero-order valence-corrected chi connectivity index (χ0v) is 14.6. The molecule has 0 saturated heterocycles. The lowest BCUT2D eigenvalue weighted by Gasteiger charge is -2.02. The van der Waals surface area contributed by atoms with Crippen molar-refractivity contribution in [2.24, 2.45) is 0 Å². The number of imidazole rings is 1. The minimum Gasteiger partial charge on any atom is -0.306 e. The molecule has 5 rings (SSSR count). The number of hydrogen-bond donors (Lipinski definition) is 0. The molecular formula is C19H14N8O. The van der Waals surface area contributed by atoms with Gasteiger partial charge in [-0.1, -0.05) is 5.21 Å². The molecule has 0 aromatic carbocycles. The second-order valence-electron chi connectivity index (χ2n) is 6.26. The average Bonchev–Trinajstić information content (AvgIpc) is 3.48. The normalized spacial score (nSPS) is 11.1. The second-order valence-corrected chi connectivity index (χ2v) is 6.26. The van der Waals surface area contributed by atoms with Crippen molar-refractivity contribution in [1.29, 1.82) is 0 Å². The maximum atomic E-state index is 10.9. The van der Waals surface area contributed by atoms with Crippen molar-refractivity contribution in [2.75, 3.05) is 0 Å². The van der Waals surface area contributed by atoms with Gasteiger partial charge in [-0.15, -0.1) is 5.10 Å². The molecule has 0 atom stereocenters.